The minimum atomic E-state index is -0.146. The number of nitrogens with one attached hydrogen (secondary N) is 1. The van der Waals surface area contributed by atoms with Crippen LogP contribution >= 0.6 is 0 Å². The Bertz CT molecular complexity index is 286. The molecule has 1 aliphatic rings. The molecule has 1 fully saturated rings. The van der Waals surface area contributed by atoms with E-state index in [1.54, 1.807) is 12.1 Å². The summed E-state index contributed by atoms with van der Waals surface area (Å²) in [5.74, 6) is -0.146. The maximum Gasteiger partial charge on any atom is 0.123 e. The van der Waals surface area contributed by atoms with Gasteiger partial charge in [-0.1, -0.05) is 25.0 Å². The maximum atomic E-state index is 12.7. The lowest BCUT2D eigenvalue weighted by Crippen LogP contribution is -2.30. The van der Waals surface area contributed by atoms with Crippen molar-refractivity contribution in [3.05, 3.63) is 35.6 Å². The number of hydrogen-bond acceptors (Lipinski definition) is 1. The van der Waals surface area contributed by atoms with Crippen LogP contribution in [-0.4, -0.2) is 12.6 Å². The third-order valence-corrected chi connectivity index (χ3v) is 3.06. The van der Waals surface area contributed by atoms with Crippen molar-refractivity contribution in [2.45, 2.75) is 38.1 Å². The van der Waals surface area contributed by atoms with Gasteiger partial charge in [0.05, 0.1) is 0 Å². The Morgan fingerprint density at radius 3 is 2.73 bits per heavy atom. The quantitative estimate of drug-likeness (QED) is 0.786. The summed E-state index contributed by atoms with van der Waals surface area (Å²) in [6.45, 7) is 1.13. The van der Waals surface area contributed by atoms with Gasteiger partial charge in [-0.15, -0.1) is 0 Å². The van der Waals surface area contributed by atoms with Crippen LogP contribution in [0.2, 0.25) is 0 Å². The van der Waals surface area contributed by atoms with E-state index in [0.717, 1.165) is 13.0 Å². The highest BCUT2D eigenvalue weighted by Crippen LogP contribution is 2.13. The van der Waals surface area contributed by atoms with E-state index in [-0.39, 0.29) is 5.82 Å². The van der Waals surface area contributed by atoms with E-state index < -0.39 is 0 Å². The van der Waals surface area contributed by atoms with Crippen LogP contribution in [0.4, 0.5) is 4.39 Å². The molecule has 1 nitrogen and oxygen atoms in total. The molecule has 0 aliphatic carbocycles. The van der Waals surface area contributed by atoms with Gasteiger partial charge in [-0.3, -0.25) is 0 Å². The van der Waals surface area contributed by atoms with Crippen LogP contribution in [0.1, 0.15) is 31.2 Å². The van der Waals surface area contributed by atoms with Gasteiger partial charge in [-0.2, -0.15) is 0 Å². The van der Waals surface area contributed by atoms with Crippen molar-refractivity contribution in [3.8, 4) is 0 Å². The van der Waals surface area contributed by atoms with Crippen LogP contribution in [0.5, 0.6) is 0 Å². The summed E-state index contributed by atoms with van der Waals surface area (Å²) in [7, 11) is 0. The Hall–Kier alpha value is -0.890. The zero-order chi connectivity index (χ0) is 10.5. The van der Waals surface area contributed by atoms with E-state index in [1.165, 1.54) is 31.2 Å². The molecule has 1 aromatic rings. The van der Waals surface area contributed by atoms with E-state index in [9.17, 15) is 4.39 Å². The van der Waals surface area contributed by atoms with Gasteiger partial charge < -0.3 is 5.32 Å². The van der Waals surface area contributed by atoms with Crippen LogP contribution in [-0.2, 0) is 6.42 Å². The van der Waals surface area contributed by atoms with Gasteiger partial charge in [0.25, 0.3) is 0 Å². The SMILES string of the molecule is Fc1ccc(CC2CCCCCN2)cc1. The molecule has 0 bridgehead atoms. The summed E-state index contributed by atoms with van der Waals surface area (Å²) in [6, 6.07) is 7.46. The summed E-state index contributed by atoms with van der Waals surface area (Å²) >= 11 is 0. The number of halogens is 1. The molecule has 0 saturated carbocycles. The molecule has 15 heavy (non-hydrogen) atoms. The van der Waals surface area contributed by atoms with Gasteiger partial charge in [0.2, 0.25) is 0 Å². The Morgan fingerprint density at radius 1 is 1.13 bits per heavy atom. The lowest BCUT2D eigenvalue weighted by atomic mass is 10.0. The fourth-order valence-corrected chi connectivity index (χ4v) is 2.18. The highest BCUT2D eigenvalue weighted by atomic mass is 19.1. The fourth-order valence-electron chi connectivity index (χ4n) is 2.18. The summed E-state index contributed by atoms with van der Waals surface area (Å²) in [5, 5.41) is 3.55. The van der Waals surface area contributed by atoms with Crippen LogP contribution < -0.4 is 5.32 Å². The summed E-state index contributed by atoms with van der Waals surface area (Å²) < 4.78 is 12.7. The first kappa shape index (κ1) is 10.6. The van der Waals surface area contributed by atoms with Crippen molar-refractivity contribution < 1.29 is 4.39 Å². The average Bonchev–Trinajstić information content (AvgIpc) is 2.50. The average molecular weight is 207 g/mol. The molecule has 1 unspecified atom stereocenters. The molecule has 0 spiro atoms. The van der Waals surface area contributed by atoms with E-state index in [0.29, 0.717) is 6.04 Å². The zero-order valence-corrected chi connectivity index (χ0v) is 9.01. The number of benzene rings is 1. The van der Waals surface area contributed by atoms with Crippen molar-refractivity contribution in [1.29, 1.82) is 0 Å². The minimum Gasteiger partial charge on any atom is -0.314 e. The molecule has 0 amide bonds. The topological polar surface area (TPSA) is 12.0 Å². The second kappa shape index (κ2) is 5.26. The van der Waals surface area contributed by atoms with Crippen LogP contribution in [0, 0.1) is 5.82 Å². The molecular formula is C13H18FN. The summed E-state index contributed by atoms with van der Waals surface area (Å²) in [4.78, 5) is 0. The standard InChI is InChI=1S/C13H18FN/c14-12-7-5-11(6-8-12)10-13-4-2-1-3-9-15-13/h5-8,13,15H,1-4,9-10H2. The van der Waals surface area contributed by atoms with E-state index in [1.807, 2.05) is 12.1 Å². The molecule has 0 aromatic heterocycles. The smallest absolute Gasteiger partial charge is 0.123 e. The van der Waals surface area contributed by atoms with E-state index >= 15 is 0 Å². The first-order valence-corrected chi connectivity index (χ1v) is 5.82. The number of hydrogen-bond donors (Lipinski definition) is 1. The molecule has 1 aliphatic heterocycles. The Kier molecular flexibility index (Phi) is 3.73. The predicted octanol–water partition coefficient (Wildman–Crippen LogP) is 2.90. The van der Waals surface area contributed by atoms with Crippen LogP contribution in [0.3, 0.4) is 0 Å². The first-order valence-electron chi connectivity index (χ1n) is 5.82. The molecule has 1 saturated heterocycles. The zero-order valence-electron chi connectivity index (χ0n) is 9.01. The molecule has 1 N–H and O–H groups in total. The predicted molar refractivity (Wildman–Crippen MR) is 60.4 cm³/mol. The third-order valence-electron chi connectivity index (χ3n) is 3.06. The minimum absolute atomic E-state index is 0.146. The lowest BCUT2D eigenvalue weighted by Gasteiger charge is -2.15. The molecule has 2 heteroatoms. The highest BCUT2D eigenvalue weighted by Gasteiger charge is 2.11. The Morgan fingerprint density at radius 2 is 1.93 bits per heavy atom. The van der Waals surface area contributed by atoms with Gasteiger partial charge in [-0.25, -0.2) is 4.39 Å². The second-order valence-electron chi connectivity index (χ2n) is 4.33. The Balaban J connectivity index is 1.92. The second-order valence-corrected chi connectivity index (χ2v) is 4.33. The normalized spacial score (nSPS) is 22.3. The largest absolute Gasteiger partial charge is 0.314 e. The van der Waals surface area contributed by atoms with Crippen LogP contribution in [0.15, 0.2) is 24.3 Å². The van der Waals surface area contributed by atoms with Crippen molar-refractivity contribution in [3.63, 3.8) is 0 Å². The molecular weight excluding hydrogens is 189 g/mol. The summed E-state index contributed by atoms with van der Waals surface area (Å²) in [5.41, 5.74) is 1.23. The first-order chi connectivity index (χ1) is 7.34. The molecule has 2 rings (SSSR count). The van der Waals surface area contributed by atoms with E-state index in [4.69, 9.17) is 0 Å². The van der Waals surface area contributed by atoms with Gasteiger partial charge in [0, 0.05) is 6.04 Å². The lowest BCUT2D eigenvalue weighted by molar-refractivity contribution is 0.507. The van der Waals surface area contributed by atoms with Gasteiger partial charge in [0.15, 0.2) is 0 Å². The fraction of sp³-hybridized carbons (Fsp3) is 0.538. The molecule has 1 heterocycles. The molecule has 1 aromatic carbocycles. The molecule has 82 valence electrons. The molecule has 1 atom stereocenters. The van der Waals surface area contributed by atoms with Crippen molar-refractivity contribution >= 4 is 0 Å². The number of rotatable bonds is 2. The van der Waals surface area contributed by atoms with Crippen molar-refractivity contribution in [2.75, 3.05) is 6.54 Å². The molecule has 0 radical (unpaired) electrons. The van der Waals surface area contributed by atoms with Gasteiger partial charge in [0.1, 0.15) is 5.82 Å². The Labute approximate surface area is 90.7 Å². The highest BCUT2D eigenvalue weighted by molar-refractivity contribution is 5.17. The third kappa shape index (κ3) is 3.31. The van der Waals surface area contributed by atoms with Crippen molar-refractivity contribution in [1.82, 2.24) is 5.32 Å². The van der Waals surface area contributed by atoms with E-state index in [2.05, 4.69) is 5.32 Å². The van der Waals surface area contributed by atoms with Gasteiger partial charge >= 0.3 is 0 Å². The maximum absolute atomic E-state index is 12.7. The monoisotopic (exact) mass is 207 g/mol. The summed E-state index contributed by atoms with van der Waals surface area (Å²) in [6.07, 6.45) is 6.23. The van der Waals surface area contributed by atoms with Gasteiger partial charge in [-0.05, 0) is 43.5 Å². The van der Waals surface area contributed by atoms with Crippen molar-refractivity contribution in [2.24, 2.45) is 0 Å². The van der Waals surface area contributed by atoms with Crippen LogP contribution in [0.25, 0.3) is 0 Å².